The highest BCUT2D eigenvalue weighted by Crippen LogP contribution is 2.00. The molecular weight excluding hydrogens is 176 g/mol. The lowest BCUT2D eigenvalue weighted by molar-refractivity contribution is 0.122. The Morgan fingerprint density at radius 3 is 1.86 bits per heavy atom. The minimum Gasteiger partial charge on any atom is -0.385 e. The molecule has 0 saturated heterocycles. The van der Waals surface area contributed by atoms with Gasteiger partial charge < -0.3 is 9.47 Å². The van der Waals surface area contributed by atoms with E-state index in [1.807, 2.05) is 0 Å². The first-order chi connectivity index (χ1) is 6.91. The first-order valence-corrected chi connectivity index (χ1v) is 5.98. The van der Waals surface area contributed by atoms with Gasteiger partial charge in [-0.05, 0) is 25.7 Å². The zero-order valence-corrected chi connectivity index (χ0v) is 9.89. The predicted molar refractivity (Wildman–Crippen MR) is 60.7 cm³/mol. The summed E-state index contributed by atoms with van der Waals surface area (Å²) in [6, 6.07) is 0. The molecule has 0 bridgehead atoms. The molecule has 2 heteroatoms. The summed E-state index contributed by atoms with van der Waals surface area (Å²) in [4.78, 5) is 0. The van der Waals surface area contributed by atoms with E-state index in [1.54, 1.807) is 7.11 Å². The number of unbranched alkanes of at least 4 members (excludes halogenated alkanes) is 5. The number of methoxy groups -OCH3 is 1. The number of hydrogen-bond donors (Lipinski definition) is 0. The van der Waals surface area contributed by atoms with Gasteiger partial charge in [0.1, 0.15) is 0 Å². The Balaban J connectivity index is 2.78. The van der Waals surface area contributed by atoms with E-state index in [4.69, 9.17) is 9.47 Å². The molecule has 0 aromatic rings. The molecule has 0 aromatic carbocycles. The van der Waals surface area contributed by atoms with Crippen LogP contribution in [0.15, 0.2) is 0 Å². The summed E-state index contributed by atoms with van der Waals surface area (Å²) in [5.74, 6) is 0. The van der Waals surface area contributed by atoms with Crippen LogP contribution in [0.2, 0.25) is 0 Å². The van der Waals surface area contributed by atoms with Gasteiger partial charge in [0.2, 0.25) is 0 Å². The van der Waals surface area contributed by atoms with Gasteiger partial charge in [0, 0.05) is 26.9 Å². The Bertz CT molecular complexity index is 82.3. The maximum atomic E-state index is 5.52. The number of ether oxygens (including phenoxy) is 2. The van der Waals surface area contributed by atoms with Crippen molar-refractivity contribution in [2.75, 3.05) is 26.9 Å². The Hall–Kier alpha value is -0.0800. The highest BCUT2D eigenvalue weighted by Gasteiger charge is 1.91. The van der Waals surface area contributed by atoms with E-state index < -0.39 is 0 Å². The van der Waals surface area contributed by atoms with Crippen LogP contribution < -0.4 is 0 Å². The Kier molecular flexibility index (Phi) is 12.8. The van der Waals surface area contributed by atoms with Gasteiger partial charge in [-0.1, -0.05) is 26.2 Å². The largest absolute Gasteiger partial charge is 0.385 e. The van der Waals surface area contributed by atoms with E-state index in [1.165, 1.54) is 38.5 Å². The summed E-state index contributed by atoms with van der Waals surface area (Å²) in [6.45, 7) is 4.99. The molecule has 86 valence electrons. The fourth-order valence-electron chi connectivity index (χ4n) is 1.36. The lowest BCUT2D eigenvalue weighted by atomic mass is 10.2. The fourth-order valence-corrected chi connectivity index (χ4v) is 1.36. The van der Waals surface area contributed by atoms with Gasteiger partial charge in [0.15, 0.2) is 0 Å². The average molecular weight is 202 g/mol. The molecule has 0 N–H and O–H groups in total. The highest BCUT2D eigenvalue weighted by molar-refractivity contribution is 4.42. The Morgan fingerprint density at radius 1 is 0.714 bits per heavy atom. The van der Waals surface area contributed by atoms with Crippen molar-refractivity contribution in [2.24, 2.45) is 0 Å². The summed E-state index contributed by atoms with van der Waals surface area (Å²) in [5.41, 5.74) is 0. The molecule has 0 aliphatic heterocycles. The standard InChI is InChI=1S/C12H26O2/c1-3-4-5-8-11-14-12-9-6-7-10-13-2/h3-12H2,1-2H3. The van der Waals surface area contributed by atoms with Crippen molar-refractivity contribution in [3.63, 3.8) is 0 Å². The molecule has 0 radical (unpaired) electrons. The van der Waals surface area contributed by atoms with Crippen LogP contribution in [0.5, 0.6) is 0 Å². The first kappa shape index (κ1) is 13.9. The minimum atomic E-state index is 0.885. The first-order valence-electron chi connectivity index (χ1n) is 5.98. The molecule has 0 heterocycles. The second kappa shape index (κ2) is 12.9. The van der Waals surface area contributed by atoms with E-state index in [2.05, 4.69) is 6.92 Å². The van der Waals surface area contributed by atoms with Crippen molar-refractivity contribution in [3.8, 4) is 0 Å². The van der Waals surface area contributed by atoms with Crippen LogP contribution >= 0.6 is 0 Å². The SMILES string of the molecule is CCCCCCOCCCCCOC. The van der Waals surface area contributed by atoms with Gasteiger partial charge in [-0.2, -0.15) is 0 Å². The van der Waals surface area contributed by atoms with Crippen molar-refractivity contribution in [3.05, 3.63) is 0 Å². The van der Waals surface area contributed by atoms with Crippen LogP contribution in [-0.4, -0.2) is 26.9 Å². The monoisotopic (exact) mass is 202 g/mol. The predicted octanol–water partition coefficient (Wildman–Crippen LogP) is 3.40. The number of hydrogen-bond acceptors (Lipinski definition) is 2. The van der Waals surface area contributed by atoms with Gasteiger partial charge in [-0.15, -0.1) is 0 Å². The Labute approximate surface area is 89.0 Å². The van der Waals surface area contributed by atoms with E-state index in [0.717, 1.165) is 26.2 Å². The van der Waals surface area contributed by atoms with E-state index >= 15 is 0 Å². The summed E-state index contributed by atoms with van der Waals surface area (Å²) in [6.07, 6.45) is 8.76. The molecule has 14 heavy (non-hydrogen) atoms. The molecule has 0 aliphatic rings. The molecule has 0 aromatic heterocycles. The fraction of sp³-hybridized carbons (Fsp3) is 1.00. The molecule has 0 aliphatic carbocycles. The Morgan fingerprint density at radius 2 is 1.29 bits per heavy atom. The van der Waals surface area contributed by atoms with Gasteiger partial charge >= 0.3 is 0 Å². The van der Waals surface area contributed by atoms with Crippen molar-refractivity contribution < 1.29 is 9.47 Å². The van der Waals surface area contributed by atoms with Gasteiger partial charge in [0.05, 0.1) is 0 Å². The van der Waals surface area contributed by atoms with Crippen molar-refractivity contribution in [1.82, 2.24) is 0 Å². The molecule has 0 fully saturated rings. The summed E-state index contributed by atoms with van der Waals surface area (Å²) >= 11 is 0. The van der Waals surface area contributed by atoms with E-state index in [9.17, 15) is 0 Å². The van der Waals surface area contributed by atoms with Crippen LogP contribution in [0, 0.1) is 0 Å². The normalized spacial score (nSPS) is 10.7. The molecule has 0 amide bonds. The second-order valence-electron chi connectivity index (χ2n) is 3.73. The quantitative estimate of drug-likeness (QED) is 0.478. The topological polar surface area (TPSA) is 18.5 Å². The maximum absolute atomic E-state index is 5.52. The number of rotatable bonds is 11. The molecular formula is C12H26O2. The van der Waals surface area contributed by atoms with Crippen LogP contribution in [0.3, 0.4) is 0 Å². The maximum Gasteiger partial charge on any atom is 0.0466 e. The summed E-state index contributed by atoms with van der Waals surface area (Å²) in [5, 5.41) is 0. The van der Waals surface area contributed by atoms with Gasteiger partial charge in [-0.25, -0.2) is 0 Å². The van der Waals surface area contributed by atoms with Gasteiger partial charge in [-0.3, -0.25) is 0 Å². The molecule has 0 rings (SSSR count). The zero-order valence-electron chi connectivity index (χ0n) is 9.89. The summed E-state index contributed by atoms with van der Waals surface area (Å²) < 4.78 is 10.5. The lowest BCUT2D eigenvalue weighted by Gasteiger charge is -2.03. The highest BCUT2D eigenvalue weighted by atomic mass is 16.5. The van der Waals surface area contributed by atoms with Crippen LogP contribution in [0.1, 0.15) is 51.9 Å². The average Bonchev–Trinajstić information content (AvgIpc) is 2.21. The molecule has 0 atom stereocenters. The minimum absolute atomic E-state index is 0.885. The lowest BCUT2D eigenvalue weighted by Crippen LogP contribution is -1.98. The molecule has 0 saturated carbocycles. The second-order valence-corrected chi connectivity index (χ2v) is 3.73. The van der Waals surface area contributed by atoms with Gasteiger partial charge in [0.25, 0.3) is 0 Å². The third-order valence-corrected chi connectivity index (χ3v) is 2.28. The molecule has 0 unspecified atom stereocenters. The smallest absolute Gasteiger partial charge is 0.0466 e. The zero-order chi connectivity index (χ0) is 10.5. The van der Waals surface area contributed by atoms with Crippen molar-refractivity contribution in [2.45, 2.75) is 51.9 Å². The van der Waals surface area contributed by atoms with E-state index in [0.29, 0.717) is 0 Å². The van der Waals surface area contributed by atoms with Crippen molar-refractivity contribution in [1.29, 1.82) is 0 Å². The molecule has 2 nitrogen and oxygen atoms in total. The van der Waals surface area contributed by atoms with E-state index in [-0.39, 0.29) is 0 Å². The van der Waals surface area contributed by atoms with Crippen LogP contribution in [0.25, 0.3) is 0 Å². The molecule has 0 spiro atoms. The van der Waals surface area contributed by atoms with Crippen LogP contribution in [0.4, 0.5) is 0 Å². The van der Waals surface area contributed by atoms with Crippen molar-refractivity contribution >= 4 is 0 Å². The third-order valence-electron chi connectivity index (χ3n) is 2.28. The summed E-state index contributed by atoms with van der Waals surface area (Å²) in [7, 11) is 1.75. The van der Waals surface area contributed by atoms with Crippen LogP contribution in [-0.2, 0) is 9.47 Å². The third kappa shape index (κ3) is 11.9.